The molecule has 8 heteroatoms. The third kappa shape index (κ3) is 3.11. The summed E-state index contributed by atoms with van der Waals surface area (Å²) in [6.07, 6.45) is 8.14. The molecule has 1 aliphatic carbocycles. The van der Waals surface area contributed by atoms with E-state index in [1.54, 1.807) is 11.0 Å². The summed E-state index contributed by atoms with van der Waals surface area (Å²) >= 11 is 0. The van der Waals surface area contributed by atoms with Gasteiger partial charge in [-0.15, -0.1) is 0 Å². The summed E-state index contributed by atoms with van der Waals surface area (Å²) in [5.74, 6) is 0.0338. The topological polar surface area (TPSA) is 110 Å². The van der Waals surface area contributed by atoms with Gasteiger partial charge in [0.1, 0.15) is 12.3 Å². The van der Waals surface area contributed by atoms with E-state index in [0.29, 0.717) is 36.0 Å². The molecule has 2 aliphatic rings. The zero-order valence-electron chi connectivity index (χ0n) is 14.3. The van der Waals surface area contributed by atoms with Crippen LogP contribution in [-0.4, -0.2) is 44.1 Å². The molecule has 0 bridgehead atoms. The monoisotopic (exact) mass is 359 g/mol. The van der Waals surface area contributed by atoms with E-state index in [0.717, 1.165) is 25.7 Å². The summed E-state index contributed by atoms with van der Waals surface area (Å²) < 4.78 is 10.2. The molecule has 0 spiro atoms. The molecule has 2 aromatic rings. The predicted molar refractivity (Wildman–Crippen MR) is 89.0 cm³/mol. The molecule has 3 atom stereocenters. The molecule has 1 N–H and O–H groups in total. The van der Waals surface area contributed by atoms with Crippen LogP contribution in [0.15, 0.2) is 27.5 Å². The van der Waals surface area contributed by atoms with E-state index in [4.69, 9.17) is 8.94 Å². The van der Waals surface area contributed by atoms with Crippen LogP contribution in [0, 0.1) is 5.92 Å². The van der Waals surface area contributed by atoms with Crippen LogP contribution < -0.4 is 0 Å². The number of furan rings is 1. The van der Waals surface area contributed by atoms with Gasteiger partial charge in [0.05, 0.1) is 11.8 Å². The molecular weight excluding hydrogens is 338 g/mol. The summed E-state index contributed by atoms with van der Waals surface area (Å²) in [5, 5.41) is 13.4. The zero-order valence-corrected chi connectivity index (χ0v) is 14.3. The third-order valence-corrected chi connectivity index (χ3v) is 5.46. The van der Waals surface area contributed by atoms with Crippen LogP contribution in [-0.2, 0) is 16.0 Å². The first-order chi connectivity index (χ1) is 12.6. The molecule has 8 nitrogen and oxygen atoms in total. The second kappa shape index (κ2) is 6.93. The summed E-state index contributed by atoms with van der Waals surface area (Å²) in [5.41, 5.74) is 0.710. The highest BCUT2D eigenvalue weighted by Gasteiger charge is 2.47. The Balaban J connectivity index is 1.42. The van der Waals surface area contributed by atoms with Crippen molar-refractivity contribution in [3.8, 4) is 11.4 Å². The van der Waals surface area contributed by atoms with Crippen LogP contribution in [0.5, 0.6) is 0 Å². The maximum atomic E-state index is 12.8. The number of nitrogens with zero attached hydrogens (tertiary/aromatic N) is 3. The standard InChI is InChI=1S/C18H21N3O5/c22-16(6-5-15-19-17(20-26-15)12-7-8-25-10-12)21-13-4-2-1-3-11(13)9-14(21)18(23)24/h7-8,10-11,13-14H,1-6,9H2,(H,23,24)/t11-,13-,14-/m0/s1. The minimum Gasteiger partial charge on any atom is -0.480 e. The Morgan fingerprint density at radius 2 is 2.15 bits per heavy atom. The van der Waals surface area contributed by atoms with Crippen molar-refractivity contribution < 1.29 is 23.6 Å². The average Bonchev–Trinajstić information content (AvgIpc) is 3.37. The number of aliphatic carboxylic acids is 1. The number of rotatable bonds is 5. The third-order valence-electron chi connectivity index (χ3n) is 5.46. The summed E-state index contributed by atoms with van der Waals surface area (Å²) in [6, 6.07) is 1.08. The van der Waals surface area contributed by atoms with E-state index in [9.17, 15) is 14.7 Å². The zero-order chi connectivity index (χ0) is 18.1. The number of carbonyl (C=O) groups excluding carboxylic acids is 1. The Morgan fingerprint density at radius 3 is 2.92 bits per heavy atom. The highest BCUT2D eigenvalue weighted by molar-refractivity contribution is 5.84. The largest absolute Gasteiger partial charge is 0.480 e. The molecule has 1 aliphatic heterocycles. The molecule has 0 aromatic carbocycles. The Kier molecular flexibility index (Phi) is 4.48. The van der Waals surface area contributed by atoms with Gasteiger partial charge in [0, 0.05) is 18.9 Å². The van der Waals surface area contributed by atoms with Crippen molar-refractivity contribution in [2.45, 2.75) is 57.0 Å². The number of aromatic nitrogens is 2. The van der Waals surface area contributed by atoms with Crippen LogP contribution in [0.3, 0.4) is 0 Å². The predicted octanol–water partition coefficient (Wildman–Crippen LogP) is 2.51. The van der Waals surface area contributed by atoms with Crippen molar-refractivity contribution in [2.24, 2.45) is 5.92 Å². The molecule has 2 fully saturated rings. The molecule has 26 heavy (non-hydrogen) atoms. The van der Waals surface area contributed by atoms with Gasteiger partial charge < -0.3 is 18.9 Å². The maximum absolute atomic E-state index is 12.8. The van der Waals surface area contributed by atoms with Crippen LogP contribution in [0.2, 0.25) is 0 Å². The first-order valence-corrected chi connectivity index (χ1v) is 9.02. The van der Waals surface area contributed by atoms with E-state index < -0.39 is 12.0 Å². The lowest BCUT2D eigenvalue weighted by atomic mass is 9.84. The molecule has 2 aromatic heterocycles. The first-order valence-electron chi connectivity index (χ1n) is 9.02. The number of hydrogen-bond donors (Lipinski definition) is 1. The van der Waals surface area contributed by atoms with E-state index >= 15 is 0 Å². The minimum absolute atomic E-state index is 0.0570. The van der Waals surface area contributed by atoms with Crippen molar-refractivity contribution >= 4 is 11.9 Å². The Morgan fingerprint density at radius 1 is 1.31 bits per heavy atom. The van der Waals surface area contributed by atoms with Crippen molar-refractivity contribution in [2.75, 3.05) is 0 Å². The number of hydrogen-bond acceptors (Lipinski definition) is 6. The van der Waals surface area contributed by atoms with Crippen molar-refractivity contribution in [1.29, 1.82) is 0 Å². The number of carboxylic acids is 1. The molecular formula is C18H21N3O5. The van der Waals surface area contributed by atoms with E-state index in [2.05, 4.69) is 10.1 Å². The number of amides is 1. The van der Waals surface area contributed by atoms with Gasteiger partial charge in [-0.25, -0.2) is 4.79 Å². The minimum atomic E-state index is -0.909. The number of carboxylic acid groups (broad SMARTS) is 1. The average molecular weight is 359 g/mol. The molecule has 1 amide bonds. The van der Waals surface area contributed by atoms with Crippen molar-refractivity contribution in [3.63, 3.8) is 0 Å². The van der Waals surface area contributed by atoms with Gasteiger partial charge >= 0.3 is 5.97 Å². The van der Waals surface area contributed by atoms with Crippen molar-refractivity contribution in [1.82, 2.24) is 15.0 Å². The highest BCUT2D eigenvalue weighted by Crippen LogP contribution is 2.40. The number of fused-ring (bicyclic) bond motifs is 1. The van der Waals surface area contributed by atoms with Crippen LogP contribution >= 0.6 is 0 Å². The Hall–Kier alpha value is -2.64. The van der Waals surface area contributed by atoms with E-state index in [1.165, 1.54) is 12.5 Å². The normalized spacial score (nSPS) is 25.2. The molecule has 1 saturated carbocycles. The number of likely N-dealkylation sites (tertiary alicyclic amines) is 1. The van der Waals surface area contributed by atoms with Gasteiger partial charge in [-0.05, 0) is 31.2 Å². The van der Waals surface area contributed by atoms with Crippen LogP contribution in [0.1, 0.15) is 44.4 Å². The fourth-order valence-corrected chi connectivity index (χ4v) is 4.25. The first kappa shape index (κ1) is 16.8. The lowest BCUT2D eigenvalue weighted by Gasteiger charge is -2.33. The van der Waals surface area contributed by atoms with Gasteiger partial charge in [-0.2, -0.15) is 4.98 Å². The lowest BCUT2D eigenvalue weighted by Crippen LogP contribution is -2.46. The van der Waals surface area contributed by atoms with Gasteiger partial charge in [-0.3, -0.25) is 4.79 Å². The second-order valence-electron chi connectivity index (χ2n) is 7.03. The molecule has 3 heterocycles. The van der Waals surface area contributed by atoms with Crippen LogP contribution in [0.25, 0.3) is 11.4 Å². The SMILES string of the molecule is O=C(O)[C@@H]1C[C@@H]2CCCC[C@@H]2N1C(=O)CCc1nc(-c2ccoc2)no1. The van der Waals surface area contributed by atoms with Gasteiger partial charge in [0.2, 0.25) is 17.6 Å². The smallest absolute Gasteiger partial charge is 0.326 e. The summed E-state index contributed by atoms with van der Waals surface area (Å²) in [4.78, 5) is 30.3. The van der Waals surface area contributed by atoms with E-state index in [1.807, 2.05) is 0 Å². The van der Waals surface area contributed by atoms with Gasteiger partial charge in [0.15, 0.2) is 0 Å². The Bertz CT molecular complexity index is 785. The quantitative estimate of drug-likeness (QED) is 0.873. The summed E-state index contributed by atoms with van der Waals surface area (Å²) in [6.45, 7) is 0. The lowest BCUT2D eigenvalue weighted by molar-refractivity contribution is -0.149. The van der Waals surface area contributed by atoms with Crippen molar-refractivity contribution in [3.05, 3.63) is 24.5 Å². The molecule has 0 radical (unpaired) electrons. The maximum Gasteiger partial charge on any atom is 0.326 e. The fourth-order valence-electron chi connectivity index (χ4n) is 4.25. The fraction of sp³-hybridized carbons (Fsp3) is 0.556. The summed E-state index contributed by atoms with van der Waals surface area (Å²) in [7, 11) is 0. The molecule has 4 rings (SSSR count). The number of carbonyl (C=O) groups is 2. The molecule has 138 valence electrons. The van der Waals surface area contributed by atoms with E-state index in [-0.39, 0.29) is 18.4 Å². The van der Waals surface area contributed by atoms with Gasteiger partial charge in [-0.1, -0.05) is 18.0 Å². The molecule has 0 unspecified atom stereocenters. The highest BCUT2D eigenvalue weighted by atomic mass is 16.5. The van der Waals surface area contributed by atoms with Crippen LogP contribution in [0.4, 0.5) is 0 Å². The molecule has 1 saturated heterocycles. The second-order valence-corrected chi connectivity index (χ2v) is 7.03. The number of aryl methyl sites for hydroxylation is 1. The van der Waals surface area contributed by atoms with Gasteiger partial charge in [0.25, 0.3) is 0 Å². The Labute approximate surface area is 150 Å².